The first-order valence-electron chi connectivity index (χ1n) is 5.53. The van der Waals surface area contributed by atoms with Gasteiger partial charge in [-0.05, 0) is 6.07 Å². The van der Waals surface area contributed by atoms with Crippen LogP contribution in [-0.4, -0.2) is 34.8 Å². The number of aromatic nitrogens is 2. The number of hydrogen-bond acceptors (Lipinski definition) is 4. The highest BCUT2D eigenvalue weighted by Crippen LogP contribution is 2.14. The zero-order valence-electron chi connectivity index (χ0n) is 9.58. The third-order valence-electron chi connectivity index (χ3n) is 2.48. The second kappa shape index (κ2) is 5.41. The number of aliphatic hydroxyl groups excluding tert-OH is 1. The first-order chi connectivity index (χ1) is 8.35. The second-order valence-electron chi connectivity index (χ2n) is 3.69. The number of benzene rings is 1. The van der Waals surface area contributed by atoms with E-state index in [0.29, 0.717) is 19.0 Å². The van der Waals surface area contributed by atoms with Gasteiger partial charge in [0.2, 0.25) is 5.95 Å². The molecule has 4 heteroatoms. The molecule has 0 spiro atoms. The third-order valence-corrected chi connectivity index (χ3v) is 2.48. The smallest absolute Gasteiger partial charge is 0.226 e. The predicted octanol–water partition coefficient (Wildman–Crippen LogP) is 1.61. The summed E-state index contributed by atoms with van der Waals surface area (Å²) in [6.07, 6.45) is 3.57. The van der Waals surface area contributed by atoms with Crippen molar-refractivity contribution in [2.75, 3.05) is 24.6 Å². The van der Waals surface area contributed by atoms with Crippen LogP contribution in [0.3, 0.4) is 0 Å². The van der Waals surface area contributed by atoms with E-state index in [0.717, 1.165) is 10.9 Å². The van der Waals surface area contributed by atoms with Crippen LogP contribution in [0.5, 0.6) is 0 Å². The lowest BCUT2D eigenvalue weighted by Gasteiger charge is -2.19. The van der Waals surface area contributed by atoms with Gasteiger partial charge >= 0.3 is 0 Å². The summed E-state index contributed by atoms with van der Waals surface area (Å²) in [6, 6.07) is 7.83. The normalized spacial score (nSPS) is 10.4. The van der Waals surface area contributed by atoms with Gasteiger partial charge in [-0.2, -0.15) is 0 Å². The van der Waals surface area contributed by atoms with Crippen molar-refractivity contribution in [3.05, 3.63) is 43.1 Å². The minimum atomic E-state index is 0.0734. The zero-order chi connectivity index (χ0) is 12.1. The number of aliphatic hydroxyl groups is 1. The summed E-state index contributed by atoms with van der Waals surface area (Å²) in [4.78, 5) is 10.7. The molecule has 1 N–H and O–H groups in total. The van der Waals surface area contributed by atoms with Gasteiger partial charge in [-0.1, -0.05) is 24.3 Å². The van der Waals surface area contributed by atoms with Crippen molar-refractivity contribution in [3.63, 3.8) is 0 Å². The van der Waals surface area contributed by atoms with E-state index in [1.165, 1.54) is 0 Å². The fourth-order valence-electron chi connectivity index (χ4n) is 1.66. The van der Waals surface area contributed by atoms with Gasteiger partial charge in [-0.25, -0.2) is 9.97 Å². The van der Waals surface area contributed by atoms with Gasteiger partial charge in [0.15, 0.2) is 0 Å². The number of para-hydroxylation sites is 1. The summed E-state index contributed by atoms with van der Waals surface area (Å²) in [5, 5.41) is 10.0. The van der Waals surface area contributed by atoms with E-state index < -0.39 is 0 Å². The average Bonchev–Trinajstić information content (AvgIpc) is 2.38. The molecule has 1 heterocycles. The zero-order valence-corrected chi connectivity index (χ0v) is 9.58. The Bertz CT molecular complexity index is 513. The molecular weight excluding hydrogens is 214 g/mol. The molecule has 88 valence electrons. The molecule has 0 aliphatic heterocycles. The lowest BCUT2D eigenvalue weighted by molar-refractivity contribution is 0.302. The molecule has 0 unspecified atom stereocenters. The second-order valence-corrected chi connectivity index (χ2v) is 3.69. The molecule has 2 rings (SSSR count). The Balaban J connectivity index is 2.35. The Morgan fingerprint density at radius 3 is 2.94 bits per heavy atom. The Hall–Kier alpha value is -1.94. The standard InChI is InChI=1S/C13H15N3O/c1-2-7-16(8-9-17)13-14-10-11-5-3-4-6-12(11)15-13/h2-6,10,17H,1,7-9H2. The Labute approximate surface area is 100 Å². The van der Waals surface area contributed by atoms with E-state index in [9.17, 15) is 0 Å². The average molecular weight is 229 g/mol. The Kier molecular flexibility index (Phi) is 3.67. The highest BCUT2D eigenvalue weighted by atomic mass is 16.3. The summed E-state index contributed by atoms with van der Waals surface area (Å²) in [7, 11) is 0. The minimum absolute atomic E-state index is 0.0734. The van der Waals surface area contributed by atoms with E-state index in [1.807, 2.05) is 29.2 Å². The van der Waals surface area contributed by atoms with E-state index in [1.54, 1.807) is 12.3 Å². The van der Waals surface area contributed by atoms with Crippen LogP contribution in [-0.2, 0) is 0 Å². The van der Waals surface area contributed by atoms with Crippen molar-refractivity contribution in [2.24, 2.45) is 0 Å². The van der Waals surface area contributed by atoms with Crippen LogP contribution in [0.15, 0.2) is 43.1 Å². The Morgan fingerprint density at radius 1 is 1.35 bits per heavy atom. The van der Waals surface area contributed by atoms with Gasteiger partial charge in [0.1, 0.15) is 0 Å². The van der Waals surface area contributed by atoms with E-state index in [2.05, 4.69) is 16.5 Å². The molecule has 4 nitrogen and oxygen atoms in total. The highest BCUT2D eigenvalue weighted by Gasteiger charge is 2.07. The SMILES string of the molecule is C=CCN(CCO)c1ncc2ccccc2n1. The summed E-state index contributed by atoms with van der Waals surface area (Å²) >= 11 is 0. The van der Waals surface area contributed by atoms with Crippen molar-refractivity contribution in [1.82, 2.24) is 9.97 Å². The molecule has 0 atom stereocenters. The molecule has 0 radical (unpaired) electrons. The van der Waals surface area contributed by atoms with E-state index in [-0.39, 0.29) is 6.61 Å². The highest BCUT2D eigenvalue weighted by molar-refractivity contribution is 5.78. The number of nitrogens with zero attached hydrogens (tertiary/aromatic N) is 3. The van der Waals surface area contributed by atoms with Crippen molar-refractivity contribution >= 4 is 16.9 Å². The van der Waals surface area contributed by atoms with E-state index >= 15 is 0 Å². The molecule has 2 aromatic rings. The summed E-state index contributed by atoms with van der Waals surface area (Å²) in [6.45, 7) is 4.89. The fraction of sp³-hybridized carbons (Fsp3) is 0.231. The number of hydrogen-bond donors (Lipinski definition) is 1. The summed E-state index contributed by atoms with van der Waals surface area (Å²) < 4.78 is 0. The first-order valence-corrected chi connectivity index (χ1v) is 5.53. The fourth-order valence-corrected chi connectivity index (χ4v) is 1.66. The van der Waals surface area contributed by atoms with Gasteiger partial charge < -0.3 is 10.0 Å². The number of anilines is 1. The van der Waals surface area contributed by atoms with Gasteiger partial charge in [0.25, 0.3) is 0 Å². The van der Waals surface area contributed by atoms with Crippen molar-refractivity contribution in [3.8, 4) is 0 Å². The first kappa shape index (κ1) is 11.5. The maximum absolute atomic E-state index is 9.01. The van der Waals surface area contributed by atoms with Crippen molar-refractivity contribution in [1.29, 1.82) is 0 Å². The van der Waals surface area contributed by atoms with Crippen LogP contribution < -0.4 is 4.90 Å². The topological polar surface area (TPSA) is 49.2 Å². The minimum Gasteiger partial charge on any atom is -0.395 e. The molecule has 0 amide bonds. The maximum Gasteiger partial charge on any atom is 0.226 e. The van der Waals surface area contributed by atoms with Gasteiger partial charge in [0, 0.05) is 24.7 Å². The molecule has 0 fully saturated rings. The molecule has 0 aliphatic rings. The molecule has 0 aliphatic carbocycles. The van der Waals surface area contributed by atoms with Gasteiger partial charge in [0.05, 0.1) is 12.1 Å². The third kappa shape index (κ3) is 2.60. The maximum atomic E-state index is 9.01. The molecule has 0 saturated carbocycles. The molecule has 1 aromatic heterocycles. The molecule has 0 bridgehead atoms. The van der Waals surface area contributed by atoms with Crippen LogP contribution >= 0.6 is 0 Å². The molecule has 17 heavy (non-hydrogen) atoms. The molecule has 1 aromatic carbocycles. The van der Waals surface area contributed by atoms with Crippen molar-refractivity contribution in [2.45, 2.75) is 0 Å². The monoisotopic (exact) mass is 229 g/mol. The van der Waals surface area contributed by atoms with Crippen molar-refractivity contribution < 1.29 is 5.11 Å². The van der Waals surface area contributed by atoms with E-state index in [4.69, 9.17) is 5.11 Å². The largest absolute Gasteiger partial charge is 0.395 e. The van der Waals surface area contributed by atoms with Crippen LogP contribution in [0.1, 0.15) is 0 Å². The van der Waals surface area contributed by atoms with Crippen LogP contribution in [0, 0.1) is 0 Å². The molecule has 0 saturated heterocycles. The predicted molar refractivity (Wildman–Crippen MR) is 69.0 cm³/mol. The van der Waals surface area contributed by atoms with Crippen LogP contribution in [0.4, 0.5) is 5.95 Å². The van der Waals surface area contributed by atoms with Crippen LogP contribution in [0.2, 0.25) is 0 Å². The Morgan fingerprint density at radius 2 is 2.18 bits per heavy atom. The quantitative estimate of drug-likeness (QED) is 0.791. The number of rotatable bonds is 5. The summed E-state index contributed by atoms with van der Waals surface area (Å²) in [5.41, 5.74) is 0.907. The lowest BCUT2D eigenvalue weighted by atomic mass is 10.2. The van der Waals surface area contributed by atoms with Crippen LogP contribution in [0.25, 0.3) is 10.9 Å². The number of fused-ring (bicyclic) bond motifs is 1. The lowest BCUT2D eigenvalue weighted by Crippen LogP contribution is -2.28. The van der Waals surface area contributed by atoms with Gasteiger partial charge in [-0.3, -0.25) is 0 Å². The van der Waals surface area contributed by atoms with Gasteiger partial charge in [-0.15, -0.1) is 6.58 Å². The summed E-state index contributed by atoms with van der Waals surface area (Å²) in [5.74, 6) is 0.623. The molecular formula is C13H15N3O.